The minimum absolute atomic E-state index is 0.185. The molecule has 0 radical (unpaired) electrons. The first-order chi connectivity index (χ1) is 9.26. The maximum Gasteiger partial charge on any atom is 0.268 e. The van der Waals surface area contributed by atoms with E-state index in [0.29, 0.717) is 16.6 Å². The number of aromatic nitrogens is 2. The van der Waals surface area contributed by atoms with Crippen molar-refractivity contribution in [1.29, 1.82) is 5.26 Å². The van der Waals surface area contributed by atoms with Crippen molar-refractivity contribution < 1.29 is 9.63 Å². The predicted octanol–water partition coefficient (Wildman–Crippen LogP) is 3.04. The molecule has 0 aliphatic carbocycles. The normalized spacial score (nSPS) is 10.3. The van der Waals surface area contributed by atoms with Crippen LogP contribution in [0.2, 0.25) is 0 Å². The zero-order valence-corrected chi connectivity index (χ0v) is 10.4. The molecule has 19 heavy (non-hydrogen) atoms. The summed E-state index contributed by atoms with van der Waals surface area (Å²) in [7, 11) is 0. The van der Waals surface area contributed by atoms with Gasteiger partial charge in [0.1, 0.15) is 16.7 Å². The molecule has 0 unspecified atom stereocenters. The van der Waals surface area contributed by atoms with Gasteiger partial charge < -0.3 is 9.63 Å². The molecular weight excluding hydrogens is 262 g/mol. The molecule has 0 amide bonds. The molecule has 3 rings (SSSR count). The van der Waals surface area contributed by atoms with Gasteiger partial charge in [-0.1, -0.05) is 5.16 Å². The Morgan fingerprint density at radius 2 is 1.95 bits per heavy atom. The van der Waals surface area contributed by atoms with E-state index < -0.39 is 0 Å². The number of hydrogen-bond donors (Lipinski definition) is 1. The number of nitrogens with zero attached hydrogens (tertiary/aromatic N) is 3. The summed E-state index contributed by atoms with van der Waals surface area (Å²) in [6, 6.07) is 12.1. The van der Waals surface area contributed by atoms with Crippen LogP contribution in [-0.2, 0) is 0 Å². The number of phenols is 1. The van der Waals surface area contributed by atoms with E-state index in [-0.39, 0.29) is 5.75 Å². The van der Waals surface area contributed by atoms with Crippen LogP contribution in [0.25, 0.3) is 22.2 Å². The molecule has 2 aromatic heterocycles. The van der Waals surface area contributed by atoms with Gasteiger partial charge in [-0.3, -0.25) is 0 Å². The molecule has 0 aliphatic heterocycles. The van der Waals surface area contributed by atoms with Gasteiger partial charge >= 0.3 is 0 Å². The maximum atomic E-state index is 9.22. The summed E-state index contributed by atoms with van der Waals surface area (Å²) in [5.74, 6) is 1.01. The zero-order valence-electron chi connectivity index (χ0n) is 9.57. The number of phenolic OH excluding ortho intramolecular Hbond substituents is 1. The third-order valence-electron chi connectivity index (χ3n) is 2.48. The van der Waals surface area contributed by atoms with Crippen LogP contribution in [0.1, 0.15) is 4.88 Å². The van der Waals surface area contributed by atoms with Crippen LogP contribution in [0.3, 0.4) is 0 Å². The van der Waals surface area contributed by atoms with Crippen molar-refractivity contribution in [2.24, 2.45) is 0 Å². The molecule has 0 saturated heterocycles. The van der Waals surface area contributed by atoms with E-state index in [0.717, 1.165) is 10.4 Å². The fraction of sp³-hybridized carbons (Fsp3) is 0. The number of thiophene rings is 1. The van der Waals surface area contributed by atoms with Crippen molar-refractivity contribution in [3.63, 3.8) is 0 Å². The van der Waals surface area contributed by atoms with E-state index >= 15 is 0 Å². The molecule has 0 bridgehead atoms. The summed E-state index contributed by atoms with van der Waals surface area (Å²) in [5, 5.41) is 21.9. The highest BCUT2D eigenvalue weighted by Crippen LogP contribution is 2.28. The van der Waals surface area contributed by atoms with Crippen molar-refractivity contribution >= 4 is 11.3 Å². The van der Waals surface area contributed by atoms with E-state index in [1.165, 1.54) is 11.3 Å². The van der Waals surface area contributed by atoms with Gasteiger partial charge in [-0.15, -0.1) is 11.3 Å². The minimum atomic E-state index is 0.185. The molecule has 2 heterocycles. The van der Waals surface area contributed by atoms with Gasteiger partial charge in [0.15, 0.2) is 0 Å². The fourth-order valence-electron chi connectivity index (χ4n) is 1.56. The van der Waals surface area contributed by atoms with E-state index in [4.69, 9.17) is 9.78 Å². The summed E-state index contributed by atoms with van der Waals surface area (Å²) >= 11 is 1.30. The Kier molecular flexibility index (Phi) is 2.74. The first-order valence-electron chi connectivity index (χ1n) is 5.40. The third-order valence-corrected chi connectivity index (χ3v) is 3.46. The van der Waals surface area contributed by atoms with E-state index in [2.05, 4.69) is 16.2 Å². The second-order valence-electron chi connectivity index (χ2n) is 3.75. The second-order valence-corrected chi connectivity index (χ2v) is 4.83. The topological polar surface area (TPSA) is 82.9 Å². The molecule has 1 N–H and O–H groups in total. The van der Waals surface area contributed by atoms with Crippen LogP contribution in [0.5, 0.6) is 5.75 Å². The van der Waals surface area contributed by atoms with E-state index in [1.807, 2.05) is 0 Å². The van der Waals surface area contributed by atoms with Crippen LogP contribution in [-0.4, -0.2) is 15.2 Å². The summed E-state index contributed by atoms with van der Waals surface area (Å²) in [4.78, 5) is 5.62. The molecule has 0 atom stereocenters. The molecule has 0 aliphatic rings. The zero-order chi connectivity index (χ0) is 13.2. The number of rotatable bonds is 2. The summed E-state index contributed by atoms with van der Waals surface area (Å²) in [6.07, 6.45) is 0. The lowest BCUT2D eigenvalue weighted by Gasteiger charge is -1.93. The van der Waals surface area contributed by atoms with Gasteiger partial charge in [-0.2, -0.15) is 10.2 Å². The smallest absolute Gasteiger partial charge is 0.268 e. The Morgan fingerprint density at radius 1 is 1.16 bits per heavy atom. The van der Waals surface area contributed by atoms with Crippen LogP contribution in [0.15, 0.2) is 40.9 Å². The largest absolute Gasteiger partial charge is 0.508 e. The van der Waals surface area contributed by atoms with Crippen molar-refractivity contribution in [3.8, 4) is 34.0 Å². The lowest BCUT2D eigenvalue weighted by molar-refractivity contribution is 0.433. The lowest BCUT2D eigenvalue weighted by atomic mass is 10.2. The summed E-state index contributed by atoms with van der Waals surface area (Å²) < 4.78 is 5.17. The quantitative estimate of drug-likeness (QED) is 0.773. The SMILES string of the molecule is N#Cc1ccc(-c2nc(-c3ccc(O)cc3)no2)s1. The number of hydrogen-bond acceptors (Lipinski definition) is 6. The lowest BCUT2D eigenvalue weighted by Crippen LogP contribution is -1.79. The van der Waals surface area contributed by atoms with Crippen LogP contribution in [0, 0.1) is 11.3 Å². The van der Waals surface area contributed by atoms with Gasteiger partial charge in [0.2, 0.25) is 5.82 Å². The van der Waals surface area contributed by atoms with Crippen molar-refractivity contribution in [3.05, 3.63) is 41.3 Å². The molecule has 5 nitrogen and oxygen atoms in total. The van der Waals surface area contributed by atoms with Crippen molar-refractivity contribution in [2.75, 3.05) is 0 Å². The Morgan fingerprint density at radius 3 is 2.63 bits per heavy atom. The monoisotopic (exact) mass is 269 g/mol. The molecule has 0 spiro atoms. The Hall–Kier alpha value is -2.65. The molecule has 92 valence electrons. The maximum absolute atomic E-state index is 9.22. The van der Waals surface area contributed by atoms with Crippen molar-refractivity contribution in [1.82, 2.24) is 10.1 Å². The van der Waals surface area contributed by atoms with Crippen LogP contribution < -0.4 is 0 Å². The van der Waals surface area contributed by atoms with Gasteiger partial charge in [0, 0.05) is 5.56 Å². The third kappa shape index (κ3) is 2.19. The molecule has 1 aromatic carbocycles. The number of aromatic hydroxyl groups is 1. The van der Waals surface area contributed by atoms with Gasteiger partial charge in [-0.05, 0) is 36.4 Å². The molecular formula is C13H7N3O2S. The highest BCUT2D eigenvalue weighted by atomic mass is 32.1. The molecule has 6 heteroatoms. The number of nitriles is 1. The Bertz CT molecular complexity index is 753. The molecule has 0 fully saturated rings. The van der Waals surface area contributed by atoms with Crippen LogP contribution in [0.4, 0.5) is 0 Å². The molecule has 3 aromatic rings. The first-order valence-corrected chi connectivity index (χ1v) is 6.21. The fourth-order valence-corrected chi connectivity index (χ4v) is 2.29. The Balaban J connectivity index is 1.95. The second kappa shape index (κ2) is 4.55. The van der Waals surface area contributed by atoms with E-state index in [1.54, 1.807) is 36.4 Å². The highest BCUT2D eigenvalue weighted by molar-refractivity contribution is 7.15. The van der Waals surface area contributed by atoms with Crippen LogP contribution >= 0.6 is 11.3 Å². The Labute approximate surface area is 112 Å². The summed E-state index contributed by atoms with van der Waals surface area (Å²) in [5.41, 5.74) is 0.755. The average molecular weight is 269 g/mol. The molecule has 0 saturated carbocycles. The van der Waals surface area contributed by atoms with E-state index in [9.17, 15) is 5.11 Å². The van der Waals surface area contributed by atoms with Gasteiger partial charge in [0.05, 0.1) is 4.88 Å². The average Bonchev–Trinajstić information content (AvgIpc) is 3.08. The first kappa shape index (κ1) is 11.4. The summed E-state index contributed by atoms with van der Waals surface area (Å²) in [6.45, 7) is 0. The standard InChI is InChI=1S/C13H7N3O2S/c14-7-10-5-6-11(19-10)13-15-12(16-18-13)8-1-3-9(17)4-2-8/h1-6,17H. The number of benzene rings is 1. The minimum Gasteiger partial charge on any atom is -0.508 e. The van der Waals surface area contributed by atoms with Gasteiger partial charge in [-0.25, -0.2) is 0 Å². The highest BCUT2D eigenvalue weighted by Gasteiger charge is 2.12. The van der Waals surface area contributed by atoms with Gasteiger partial charge in [0.25, 0.3) is 5.89 Å². The predicted molar refractivity (Wildman–Crippen MR) is 69.4 cm³/mol. The van der Waals surface area contributed by atoms with Crippen molar-refractivity contribution in [2.45, 2.75) is 0 Å².